The molecule has 9 aromatic rings. The van der Waals surface area contributed by atoms with E-state index >= 15 is 0 Å². The van der Waals surface area contributed by atoms with E-state index in [9.17, 15) is 0 Å². The summed E-state index contributed by atoms with van der Waals surface area (Å²) in [4.78, 5) is 0. The third kappa shape index (κ3) is 21.5. The first-order chi connectivity index (χ1) is 40.0. The van der Waals surface area contributed by atoms with Gasteiger partial charge in [-0.05, 0) is 131 Å². The molecule has 0 aliphatic carbocycles. The Labute approximate surface area is 571 Å². The third-order valence-electron chi connectivity index (χ3n) is 16.9. The second-order valence-corrected chi connectivity index (χ2v) is 35.2. The first kappa shape index (κ1) is 76.3. The SMILES string of the molecule is CC(C)(C)c1c[c-]c(-c2[c-]cc(C(C)(C)C)cc2)cc1.CC(C)(C)c1ccc(C(C)(C)C)c2ccccc12.CC(C)(C)c1ccc(C(C)(C)C)cc1.CC(C)(C)c1ccc2cc(C(C)(C)C)ccc2c1.CC(C)(C)c1cccc2c(C(C)(C)C)cccc12.[Y]. The standard InChI is InChI=1S/C20H24.3C18H24.C14H22.Y/c1-19(2,3)17-11-7-15(8-12-17)16-9-13-18(14-10-16)20(4,5)6;1-17(2,3)15-11-7-10-14-13(15)9-8-12-16(14)18(4,5)6;1-17(2,3)15-9-7-14-12-16(18(4,5)6)10-8-13(14)11-15;1-17(2,3)15-11-12-16(18(4,5)6)14-10-8-7-9-13(14)15;1-13(2,3)11-7-9-12(10-8-11)14(4,5)6;/h7,9,11-14H,1-6H3;3*7-12H,1-6H3;7-10H,1-6H3;/q-2;;;;;. The van der Waals surface area contributed by atoms with E-state index in [-0.39, 0.29) is 86.9 Å². The average Bonchev–Trinajstić information content (AvgIpc) is 1.10. The van der Waals surface area contributed by atoms with Crippen molar-refractivity contribution in [3.8, 4) is 11.1 Å². The van der Waals surface area contributed by atoms with Crippen LogP contribution < -0.4 is 0 Å². The van der Waals surface area contributed by atoms with Crippen LogP contribution in [0.4, 0.5) is 0 Å². The van der Waals surface area contributed by atoms with Gasteiger partial charge in [0.25, 0.3) is 0 Å². The van der Waals surface area contributed by atoms with Gasteiger partial charge in [-0.3, -0.25) is 0 Å². The Kier molecular flexibility index (Phi) is 24.7. The molecule has 0 atom stereocenters. The minimum absolute atomic E-state index is 0. The van der Waals surface area contributed by atoms with Gasteiger partial charge >= 0.3 is 0 Å². The van der Waals surface area contributed by atoms with Gasteiger partial charge in [0.1, 0.15) is 0 Å². The maximum absolute atomic E-state index is 3.39. The molecule has 1 radical (unpaired) electrons. The molecule has 475 valence electrons. The summed E-state index contributed by atoms with van der Waals surface area (Å²) in [6.07, 6.45) is 0. The van der Waals surface area contributed by atoms with Gasteiger partial charge in [-0.2, -0.15) is 48.5 Å². The van der Waals surface area contributed by atoms with Crippen LogP contribution in [0.15, 0.2) is 170 Å². The summed E-state index contributed by atoms with van der Waals surface area (Å²) < 4.78 is 0. The smallest absolute Gasteiger partial charge is 0 e. The van der Waals surface area contributed by atoms with E-state index in [1.165, 1.54) is 88.0 Å². The van der Waals surface area contributed by atoms with Crippen molar-refractivity contribution < 1.29 is 32.7 Å². The molecule has 9 rings (SSSR count). The van der Waals surface area contributed by atoms with Crippen LogP contribution >= 0.6 is 0 Å². The second-order valence-electron chi connectivity index (χ2n) is 35.2. The van der Waals surface area contributed by atoms with E-state index < -0.39 is 0 Å². The summed E-state index contributed by atoms with van der Waals surface area (Å²) in [5, 5.41) is 8.29. The van der Waals surface area contributed by atoms with E-state index in [1.54, 1.807) is 0 Å². The fourth-order valence-electron chi connectivity index (χ4n) is 11.0. The van der Waals surface area contributed by atoms with Crippen LogP contribution in [0.1, 0.15) is 263 Å². The van der Waals surface area contributed by atoms with Crippen LogP contribution in [-0.4, -0.2) is 0 Å². The minimum atomic E-state index is 0. The first-order valence-corrected chi connectivity index (χ1v) is 32.7. The first-order valence-electron chi connectivity index (χ1n) is 32.7. The van der Waals surface area contributed by atoms with Gasteiger partial charge in [-0.15, -0.1) is 11.1 Å². The summed E-state index contributed by atoms with van der Waals surface area (Å²) in [6, 6.07) is 69.1. The molecule has 0 bridgehead atoms. The van der Waals surface area contributed by atoms with Crippen molar-refractivity contribution in [3.63, 3.8) is 0 Å². The monoisotopic (exact) mass is 1260 g/mol. The normalized spacial score (nSPS) is 12.7. The zero-order valence-corrected chi connectivity index (χ0v) is 64.6. The molecular formula is C88H118Y-2. The molecule has 0 saturated carbocycles. The zero-order chi connectivity index (χ0) is 66.6. The van der Waals surface area contributed by atoms with Gasteiger partial charge in [0.2, 0.25) is 0 Å². The van der Waals surface area contributed by atoms with E-state index in [2.05, 4.69) is 390 Å². The van der Waals surface area contributed by atoms with Gasteiger partial charge in [0, 0.05) is 32.7 Å². The van der Waals surface area contributed by atoms with E-state index in [0.717, 1.165) is 11.1 Å². The Hall–Kier alpha value is -5.14. The Balaban J connectivity index is 0.000000238. The molecule has 0 amide bonds. The van der Waals surface area contributed by atoms with Gasteiger partial charge in [-0.25, -0.2) is 11.1 Å². The van der Waals surface area contributed by atoms with Gasteiger partial charge < -0.3 is 0 Å². The van der Waals surface area contributed by atoms with Crippen molar-refractivity contribution in [1.82, 2.24) is 0 Å². The topological polar surface area (TPSA) is 0 Å². The van der Waals surface area contributed by atoms with E-state index in [4.69, 9.17) is 0 Å². The quantitative estimate of drug-likeness (QED) is 0.144. The Morgan fingerprint density at radius 3 is 0.652 bits per heavy atom. The van der Waals surface area contributed by atoms with Crippen LogP contribution in [0, 0.1) is 12.1 Å². The summed E-state index contributed by atoms with van der Waals surface area (Å²) >= 11 is 0. The molecule has 0 aromatic heterocycles. The molecule has 0 aliphatic heterocycles. The Bertz CT molecular complexity index is 3390. The molecule has 0 spiro atoms. The molecule has 0 nitrogen and oxygen atoms in total. The minimum Gasteiger partial charge on any atom is -0.226 e. The predicted octanol–water partition coefficient (Wildman–Crippen LogP) is 26.1. The molecule has 0 heterocycles. The Morgan fingerprint density at radius 2 is 0.427 bits per heavy atom. The largest absolute Gasteiger partial charge is 0.226 e. The molecule has 0 aliphatic rings. The molecule has 0 saturated heterocycles. The number of hydrogen-bond acceptors (Lipinski definition) is 0. The van der Waals surface area contributed by atoms with Gasteiger partial charge in [0.05, 0.1) is 0 Å². The summed E-state index contributed by atoms with van der Waals surface area (Å²) in [5.74, 6) is 0. The second kappa shape index (κ2) is 28.8. The third-order valence-corrected chi connectivity index (χ3v) is 16.9. The van der Waals surface area contributed by atoms with Crippen molar-refractivity contribution in [2.45, 2.75) is 262 Å². The summed E-state index contributed by atoms with van der Waals surface area (Å²) in [5.41, 5.74) is 18.3. The maximum atomic E-state index is 3.39. The van der Waals surface area contributed by atoms with Crippen LogP contribution in [0.3, 0.4) is 0 Å². The number of fused-ring (bicyclic) bond motifs is 3. The van der Waals surface area contributed by atoms with Gasteiger partial charge in [-0.1, -0.05) is 341 Å². The van der Waals surface area contributed by atoms with Crippen molar-refractivity contribution >= 4 is 32.3 Å². The molecule has 9 aromatic carbocycles. The molecule has 0 fully saturated rings. The van der Waals surface area contributed by atoms with E-state index in [1.807, 2.05) is 0 Å². The molecular weight excluding hydrogens is 1150 g/mol. The number of hydrogen-bond donors (Lipinski definition) is 0. The molecule has 0 N–H and O–H groups in total. The molecule has 89 heavy (non-hydrogen) atoms. The van der Waals surface area contributed by atoms with Gasteiger partial charge in [0.15, 0.2) is 0 Å². The van der Waals surface area contributed by atoms with Crippen molar-refractivity contribution in [2.75, 3.05) is 0 Å². The van der Waals surface area contributed by atoms with Crippen LogP contribution in [0.2, 0.25) is 0 Å². The van der Waals surface area contributed by atoms with Crippen molar-refractivity contribution in [2.24, 2.45) is 0 Å². The molecule has 0 unspecified atom stereocenters. The van der Waals surface area contributed by atoms with Crippen molar-refractivity contribution in [3.05, 3.63) is 238 Å². The van der Waals surface area contributed by atoms with Crippen LogP contribution in [0.25, 0.3) is 43.4 Å². The molecule has 1 heteroatoms. The van der Waals surface area contributed by atoms with Crippen LogP contribution in [-0.2, 0) is 86.9 Å². The number of benzene rings is 9. The number of rotatable bonds is 1. The maximum Gasteiger partial charge on any atom is 0 e. The fraction of sp³-hybridized carbons (Fsp3) is 0.455. The van der Waals surface area contributed by atoms with Crippen LogP contribution in [0.5, 0.6) is 0 Å². The Morgan fingerprint density at radius 1 is 0.202 bits per heavy atom. The zero-order valence-electron chi connectivity index (χ0n) is 61.7. The summed E-state index contributed by atoms with van der Waals surface area (Å²) in [6.45, 7) is 67.8. The van der Waals surface area contributed by atoms with E-state index in [0.29, 0.717) is 0 Å². The summed E-state index contributed by atoms with van der Waals surface area (Å²) in [7, 11) is 0. The predicted molar refractivity (Wildman–Crippen MR) is 395 cm³/mol. The van der Waals surface area contributed by atoms with Crippen molar-refractivity contribution in [1.29, 1.82) is 0 Å². The average molecular weight is 1260 g/mol. The fourth-order valence-corrected chi connectivity index (χ4v) is 11.0.